The van der Waals surface area contributed by atoms with Crippen LogP contribution < -0.4 is 0 Å². The van der Waals surface area contributed by atoms with Gasteiger partial charge in [0.05, 0.1) is 5.92 Å². The molecule has 1 atom stereocenters. The second-order valence-corrected chi connectivity index (χ2v) is 8.17. The van der Waals surface area contributed by atoms with Gasteiger partial charge in [0.1, 0.15) is 0 Å². The van der Waals surface area contributed by atoms with Gasteiger partial charge >= 0.3 is 0 Å². The minimum Gasteiger partial charge on any atom is -0.381 e. The van der Waals surface area contributed by atoms with Crippen LogP contribution in [0.1, 0.15) is 69.0 Å². The van der Waals surface area contributed by atoms with Crippen LogP contribution in [-0.2, 0) is 9.53 Å². The summed E-state index contributed by atoms with van der Waals surface area (Å²) < 4.78 is 11.1. The number of hydrogen-bond acceptors (Lipinski definition) is 5. The summed E-state index contributed by atoms with van der Waals surface area (Å²) in [6, 6.07) is 0. The summed E-state index contributed by atoms with van der Waals surface area (Å²) in [4.78, 5) is 19.4. The van der Waals surface area contributed by atoms with Crippen LogP contribution in [0.3, 0.4) is 0 Å². The zero-order chi connectivity index (χ0) is 17.3. The smallest absolute Gasteiger partial charge is 0.232 e. The first-order valence-electron chi connectivity index (χ1n) is 9.82. The van der Waals surface area contributed by atoms with Crippen LogP contribution in [-0.4, -0.2) is 47.3 Å². The fourth-order valence-corrected chi connectivity index (χ4v) is 5.02. The number of amides is 1. The van der Waals surface area contributed by atoms with Crippen molar-refractivity contribution in [1.29, 1.82) is 0 Å². The molecule has 3 fully saturated rings. The lowest BCUT2D eigenvalue weighted by Gasteiger charge is -2.36. The monoisotopic (exact) mass is 347 g/mol. The van der Waals surface area contributed by atoms with E-state index in [2.05, 4.69) is 15.0 Å². The van der Waals surface area contributed by atoms with Gasteiger partial charge in [0, 0.05) is 38.1 Å². The molecule has 0 N–H and O–H groups in total. The summed E-state index contributed by atoms with van der Waals surface area (Å²) in [5.74, 6) is 2.58. The maximum absolute atomic E-state index is 12.8. The van der Waals surface area contributed by atoms with Crippen molar-refractivity contribution in [2.24, 2.45) is 11.3 Å². The molecule has 6 nitrogen and oxygen atoms in total. The van der Waals surface area contributed by atoms with Gasteiger partial charge in [-0.05, 0) is 32.1 Å². The SMILES string of the molecule is Cc1noc(C2CN(C(=O)CCC3CCCC3)CC23CCOCC3)n1. The third kappa shape index (κ3) is 3.46. The Hall–Kier alpha value is -1.43. The summed E-state index contributed by atoms with van der Waals surface area (Å²) in [5.41, 5.74) is 0.0419. The fraction of sp³-hybridized carbons (Fsp3) is 0.842. The van der Waals surface area contributed by atoms with E-state index in [1.165, 1.54) is 25.7 Å². The number of hydrogen-bond donors (Lipinski definition) is 0. The second-order valence-electron chi connectivity index (χ2n) is 8.17. The predicted octanol–water partition coefficient (Wildman–Crippen LogP) is 3.07. The van der Waals surface area contributed by atoms with Crippen LogP contribution in [0, 0.1) is 18.3 Å². The molecule has 4 rings (SSSR count). The van der Waals surface area contributed by atoms with Crippen LogP contribution in [0.5, 0.6) is 0 Å². The molecule has 0 aromatic carbocycles. The molecule has 1 aliphatic carbocycles. The van der Waals surface area contributed by atoms with E-state index >= 15 is 0 Å². The van der Waals surface area contributed by atoms with Crippen molar-refractivity contribution < 1.29 is 14.1 Å². The molecule has 2 saturated heterocycles. The van der Waals surface area contributed by atoms with Crippen molar-refractivity contribution in [3.63, 3.8) is 0 Å². The Bertz CT molecular complexity index is 603. The summed E-state index contributed by atoms with van der Waals surface area (Å²) in [5, 5.41) is 3.98. The summed E-state index contributed by atoms with van der Waals surface area (Å²) in [6.07, 6.45) is 8.95. The minimum absolute atomic E-state index is 0.0419. The molecule has 0 bridgehead atoms. The lowest BCUT2D eigenvalue weighted by Crippen LogP contribution is -2.37. The predicted molar refractivity (Wildman–Crippen MR) is 92.0 cm³/mol. The van der Waals surface area contributed by atoms with Gasteiger partial charge in [0.2, 0.25) is 11.8 Å². The van der Waals surface area contributed by atoms with E-state index < -0.39 is 0 Å². The topological polar surface area (TPSA) is 68.5 Å². The average molecular weight is 347 g/mol. The van der Waals surface area contributed by atoms with Crippen LogP contribution in [0.25, 0.3) is 0 Å². The third-order valence-electron chi connectivity index (χ3n) is 6.57. The quantitative estimate of drug-likeness (QED) is 0.837. The molecule has 25 heavy (non-hydrogen) atoms. The maximum Gasteiger partial charge on any atom is 0.232 e. The standard InChI is InChI=1S/C19H29N3O3/c1-14-20-18(25-21-14)16-12-22(13-19(16)8-10-24-11-9-19)17(23)7-6-15-4-2-3-5-15/h15-16H,2-13H2,1H3. The number of rotatable bonds is 4. The number of carbonyl (C=O) groups is 1. The first-order chi connectivity index (χ1) is 12.2. The molecular weight excluding hydrogens is 318 g/mol. The Balaban J connectivity index is 1.46. The molecule has 3 heterocycles. The normalized spacial score (nSPS) is 26.6. The number of likely N-dealkylation sites (tertiary alicyclic amines) is 1. The Morgan fingerprint density at radius 1 is 1.28 bits per heavy atom. The molecular formula is C19H29N3O3. The van der Waals surface area contributed by atoms with Gasteiger partial charge in [-0.3, -0.25) is 4.79 Å². The van der Waals surface area contributed by atoms with Crippen molar-refractivity contribution >= 4 is 5.91 Å². The first-order valence-corrected chi connectivity index (χ1v) is 9.82. The Labute approximate surface area is 149 Å². The van der Waals surface area contributed by atoms with Gasteiger partial charge in [-0.2, -0.15) is 4.98 Å². The van der Waals surface area contributed by atoms with E-state index in [-0.39, 0.29) is 11.3 Å². The van der Waals surface area contributed by atoms with Crippen molar-refractivity contribution in [3.05, 3.63) is 11.7 Å². The highest BCUT2D eigenvalue weighted by atomic mass is 16.5. The Morgan fingerprint density at radius 3 is 2.72 bits per heavy atom. The zero-order valence-electron chi connectivity index (χ0n) is 15.2. The maximum atomic E-state index is 12.8. The number of aromatic nitrogens is 2. The van der Waals surface area contributed by atoms with Gasteiger partial charge in [0.25, 0.3) is 0 Å². The molecule has 1 saturated carbocycles. The first kappa shape index (κ1) is 17.0. The molecule has 138 valence electrons. The fourth-order valence-electron chi connectivity index (χ4n) is 5.02. The highest BCUT2D eigenvalue weighted by Crippen LogP contribution is 2.49. The van der Waals surface area contributed by atoms with Gasteiger partial charge in [-0.15, -0.1) is 0 Å². The molecule has 1 unspecified atom stereocenters. The number of aryl methyl sites for hydroxylation is 1. The molecule has 1 amide bonds. The lowest BCUT2D eigenvalue weighted by atomic mass is 9.72. The Morgan fingerprint density at radius 2 is 2.04 bits per heavy atom. The van der Waals surface area contributed by atoms with E-state index in [1.807, 2.05) is 6.92 Å². The second kappa shape index (κ2) is 7.06. The largest absolute Gasteiger partial charge is 0.381 e. The molecule has 6 heteroatoms. The van der Waals surface area contributed by atoms with Gasteiger partial charge in [0.15, 0.2) is 5.82 Å². The van der Waals surface area contributed by atoms with E-state index in [4.69, 9.17) is 9.26 Å². The van der Waals surface area contributed by atoms with E-state index in [9.17, 15) is 4.79 Å². The highest BCUT2D eigenvalue weighted by Gasteiger charge is 2.51. The summed E-state index contributed by atoms with van der Waals surface area (Å²) in [6.45, 7) is 4.89. The summed E-state index contributed by atoms with van der Waals surface area (Å²) in [7, 11) is 0. The number of carbonyl (C=O) groups excluding carboxylic acids is 1. The molecule has 0 radical (unpaired) electrons. The average Bonchev–Trinajstić information content (AvgIpc) is 3.34. The van der Waals surface area contributed by atoms with Gasteiger partial charge in [-0.25, -0.2) is 0 Å². The lowest BCUT2D eigenvalue weighted by molar-refractivity contribution is -0.131. The minimum atomic E-state index is 0.0419. The molecule has 1 spiro atoms. The van der Waals surface area contributed by atoms with E-state index in [1.54, 1.807) is 0 Å². The van der Waals surface area contributed by atoms with Gasteiger partial charge < -0.3 is 14.2 Å². The van der Waals surface area contributed by atoms with Crippen molar-refractivity contribution in [3.8, 4) is 0 Å². The zero-order valence-corrected chi connectivity index (χ0v) is 15.2. The van der Waals surface area contributed by atoms with Crippen LogP contribution in [0.15, 0.2) is 4.52 Å². The highest BCUT2D eigenvalue weighted by molar-refractivity contribution is 5.76. The molecule has 1 aromatic rings. The third-order valence-corrected chi connectivity index (χ3v) is 6.57. The van der Waals surface area contributed by atoms with Crippen LogP contribution in [0.2, 0.25) is 0 Å². The Kier molecular flexibility index (Phi) is 4.80. The number of ether oxygens (including phenoxy) is 1. The molecule has 1 aromatic heterocycles. The van der Waals surface area contributed by atoms with Crippen LogP contribution >= 0.6 is 0 Å². The van der Waals surface area contributed by atoms with E-state index in [0.29, 0.717) is 30.6 Å². The molecule has 2 aliphatic heterocycles. The van der Waals surface area contributed by atoms with E-state index in [0.717, 1.165) is 44.9 Å². The van der Waals surface area contributed by atoms with Gasteiger partial charge in [-0.1, -0.05) is 30.8 Å². The van der Waals surface area contributed by atoms with Crippen molar-refractivity contribution in [1.82, 2.24) is 15.0 Å². The molecule has 3 aliphatic rings. The van der Waals surface area contributed by atoms with Crippen LogP contribution in [0.4, 0.5) is 0 Å². The number of nitrogens with zero attached hydrogens (tertiary/aromatic N) is 3. The van der Waals surface area contributed by atoms with Crippen molar-refractivity contribution in [2.45, 2.75) is 64.2 Å². The summed E-state index contributed by atoms with van der Waals surface area (Å²) >= 11 is 0. The van der Waals surface area contributed by atoms with Crippen molar-refractivity contribution in [2.75, 3.05) is 26.3 Å².